The maximum Gasteiger partial charge on any atom is 0.274 e. The summed E-state index contributed by atoms with van der Waals surface area (Å²) in [6.45, 7) is 0.694. The van der Waals surface area contributed by atoms with Gasteiger partial charge in [0.25, 0.3) is 5.91 Å². The van der Waals surface area contributed by atoms with E-state index in [1.54, 1.807) is 6.07 Å². The molecule has 3 aromatic rings. The molecule has 7 nitrogen and oxygen atoms in total. The van der Waals surface area contributed by atoms with Gasteiger partial charge in [-0.25, -0.2) is 24.3 Å². The van der Waals surface area contributed by atoms with Gasteiger partial charge in [-0.1, -0.05) is 12.1 Å². The first-order valence-corrected chi connectivity index (χ1v) is 8.58. The molecule has 1 amide bonds. The molecule has 2 atom stereocenters. The molecule has 0 radical (unpaired) electrons. The number of rotatable bonds is 6. The summed E-state index contributed by atoms with van der Waals surface area (Å²) in [6.07, 6.45) is 6.98. The van der Waals surface area contributed by atoms with Crippen LogP contribution in [0, 0.1) is 11.7 Å². The molecule has 0 saturated heterocycles. The second kappa shape index (κ2) is 7.45. The fraction of sp³-hybridized carbons (Fsp3) is 0.211. The molecule has 1 aromatic carbocycles. The third kappa shape index (κ3) is 4.22. The summed E-state index contributed by atoms with van der Waals surface area (Å²) < 4.78 is 13.0. The maximum atomic E-state index is 13.0. The van der Waals surface area contributed by atoms with Gasteiger partial charge in [0.05, 0.1) is 18.1 Å². The largest absolute Gasteiger partial charge is 0.354 e. The summed E-state index contributed by atoms with van der Waals surface area (Å²) in [6, 6.07) is 8.18. The number of nitrogens with zero attached hydrogens (tertiary/aromatic N) is 4. The molecule has 0 bridgehead atoms. The predicted molar refractivity (Wildman–Crippen MR) is 97.8 cm³/mol. The van der Waals surface area contributed by atoms with Crippen molar-refractivity contribution in [3.05, 3.63) is 72.3 Å². The third-order valence-electron chi connectivity index (χ3n) is 4.45. The first kappa shape index (κ1) is 17.0. The van der Waals surface area contributed by atoms with Crippen molar-refractivity contribution in [3.63, 3.8) is 0 Å². The minimum absolute atomic E-state index is 0.223. The van der Waals surface area contributed by atoms with Gasteiger partial charge in [0.1, 0.15) is 17.8 Å². The minimum atomic E-state index is -0.356. The van der Waals surface area contributed by atoms with E-state index in [-0.39, 0.29) is 17.4 Å². The topological polar surface area (TPSA) is 92.7 Å². The molecule has 2 aromatic heterocycles. The number of benzene rings is 1. The van der Waals surface area contributed by atoms with E-state index in [9.17, 15) is 9.18 Å². The van der Waals surface area contributed by atoms with Crippen molar-refractivity contribution in [3.8, 4) is 0 Å². The van der Waals surface area contributed by atoms with Crippen LogP contribution in [0.25, 0.3) is 0 Å². The second-order valence-corrected chi connectivity index (χ2v) is 6.38. The van der Waals surface area contributed by atoms with Gasteiger partial charge in [-0.15, -0.1) is 0 Å². The molecule has 4 rings (SSSR count). The third-order valence-corrected chi connectivity index (χ3v) is 4.45. The van der Waals surface area contributed by atoms with Crippen molar-refractivity contribution >= 4 is 17.5 Å². The lowest BCUT2D eigenvalue weighted by atomic mass is 10.1. The summed E-state index contributed by atoms with van der Waals surface area (Å²) in [5, 5.41) is 5.86. The Labute approximate surface area is 155 Å². The summed E-state index contributed by atoms with van der Waals surface area (Å²) >= 11 is 0. The van der Waals surface area contributed by atoms with E-state index in [0.29, 0.717) is 30.0 Å². The van der Waals surface area contributed by atoms with Gasteiger partial charge in [-0.3, -0.25) is 4.79 Å². The minimum Gasteiger partial charge on any atom is -0.354 e. The van der Waals surface area contributed by atoms with Gasteiger partial charge >= 0.3 is 0 Å². The van der Waals surface area contributed by atoms with E-state index in [1.165, 1.54) is 37.1 Å². The molecule has 2 N–H and O–H groups in total. The SMILES string of the molecule is O=C(Nc1cncnc1)c1ccnc(NCC2CC2c2ccc(F)cc2)n1. The number of carbonyl (C=O) groups excluding carboxylic acids is 1. The molecule has 1 fully saturated rings. The lowest BCUT2D eigenvalue weighted by molar-refractivity contribution is 0.102. The number of nitrogens with one attached hydrogen (secondary N) is 2. The number of carbonyl (C=O) groups is 1. The number of hydrogen-bond donors (Lipinski definition) is 2. The summed E-state index contributed by atoms with van der Waals surface area (Å²) in [5.74, 6) is 0.683. The van der Waals surface area contributed by atoms with E-state index >= 15 is 0 Å². The van der Waals surface area contributed by atoms with Crippen LogP contribution in [-0.4, -0.2) is 32.4 Å². The first-order chi connectivity index (χ1) is 13.2. The van der Waals surface area contributed by atoms with Crippen LogP contribution in [-0.2, 0) is 0 Å². The Balaban J connectivity index is 1.33. The summed E-state index contributed by atoms with van der Waals surface area (Å²) in [7, 11) is 0. The zero-order chi connectivity index (χ0) is 18.6. The highest BCUT2D eigenvalue weighted by molar-refractivity contribution is 6.02. The molecule has 8 heteroatoms. The summed E-state index contributed by atoms with van der Waals surface area (Å²) in [4.78, 5) is 28.4. The molecular weight excluding hydrogens is 347 g/mol. The number of halogens is 1. The molecule has 2 unspecified atom stereocenters. The summed E-state index contributed by atoms with van der Waals surface area (Å²) in [5.41, 5.74) is 1.89. The predicted octanol–water partition coefficient (Wildman–Crippen LogP) is 2.87. The highest BCUT2D eigenvalue weighted by atomic mass is 19.1. The normalized spacial score (nSPS) is 18.0. The molecule has 136 valence electrons. The van der Waals surface area contributed by atoms with Gasteiger partial charge in [-0.05, 0) is 42.0 Å². The Morgan fingerprint density at radius 2 is 1.93 bits per heavy atom. The quantitative estimate of drug-likeness (QED) is 0.699. The van der Waals surface area contributed by atoms with E-state index in [0.717, 1.165) is 12.0 Å². The van der Waals surface area contributed by atoms with Crippen LogP contribution in [0.2, 0.25) is 0 Å². The number of amides is 1. The van der Waals surface area contributed by atoms with Crippen molar-refractivity contribution in [1.82, 2.24) is 19.9 Å². The number of anilines is 2. The Hall–Kier alpha value is -3.42. The monoisotopic (exact) mass is 364 g/mol. The Morgan fingerprint density at radius 1 is 1.15 bits per heavy atom. The lowest BCUT2D eigenvalue weighted by Gasteiger charge is -2.07. The maximum absolute atomic E-state index is 13.0. The van der Waals surface area contributed by atoms with Crippen LogP contribution in [0.5, 0.6) is 0 Å². The van der Waals surface area contributed by atoms with Gasteiger partial charge in [0.15, 0.2) is 0 Å². The Morgan fingerprint density at radius 3 is 2.70 bits per heavy atom. The fourth-order valence-electron chi connectivity index (χ4n) is 2.94. The van der Waals surface area contributed by atoms with E-state index in [4.69, 9.17) is 0 Å². The Kier molecular flexibility index (Phi) is 4.69. The van der Waals surface area contributed by atoms with Gasteiger partial charge in [-0.2, -0.15) is 0 Å². The van der Waals surface area contributed by atoms with Crippen LogP contribution < -0.4 is 10.6 Å². The van der Waals surface area contributed by atoms with Crippen molar-refractivity contribution in [2.75, 3.05) is 17.2 Å². The van der Waals surface area contributed by atoms with Crippen LogP contribution in [0.4, 0.5) is 16.0 Å². The first-order valence-electron chi connectivity index (χ1n) is 8.58. The van der Waals surface area contributed by atoms with Gasteiger partial charge in [0.2, 0.25) is 5.95 Å². The Bertz CT molecular complexity index is 934. The molecule has 27 heavy (non-hydrogen) atoms. The molecule has 1 aliphatic rings. The molecule has 2 heterocycles. The van der Waals surface area contributed by atoms with Crippen molar-refractivity contribution in [2.24, 2.45) is 5.92 Å². The van der Waals surface area contributed by atoms with E-state index < -0.39 is 0 Å². The van der Waals surface area contributed by atoms with Crippen molar-refractivity contribution in [2.45, 2.75) is 12.3 Å². The zero-order valence-corrected chi connectivity index (χ0v) is 14.3. The lowest BCUT2D eigenvalue weighted by Crippen LogP contribution is -2.16. The average molecular weight is 364 g/mol. The fourth-order valence-corrected chi connectivity index (χ4v) is 2.94. The average Bonchev–Trinajstić information content (AvgIpc) is 3.48. The molecule has 1 aliphatic carbocycles. The zero-order valence-electron chi connectivity index (χ0n) is 14.3. The van der Waals surface area contributed by atoms with Crippen molar-refractivity contribution in [1.29, 1.82) is 0 Å². The standard InChI is InChI=1S/C19H17FN6O/c20-14-3-1-12(2-4-14)16-7-13(16)8-24-19-23-6-5-17(26-19)18(27)25-15-9-21-11-22-10-15/h1-6,9-11,13,16H,7-8H2,(H,25,27)(H,23,24,26). The highest BCUT2D eigenvalue weighted by Crippen LogP contribution is 2.47. The second-order valence-electron chi connectivity index (χ2n) is 6.38. The van der Waals surface area contributed by atoms with Crippen LogP contribution >= 0.6 is 0 Å². The van der Waals surface area contributed by atoms with Crippen LogP contribution in [0.15, 0.2) is 55.2 Å². The van der Waals surface area contributed by atoms with Crippen LogP contribution in [0.3, 0.4) is 0 Å². The smallest absolute Gasteiger partial charge is 0.274 e. The van der Waals surface area contributed by atoms with Gasteiger partial charge < -0.3 is 10.6 Å². The van der Waals surface area contributed by atoms with Gasteiger partial charge in [0, 0.05) is 12.7 Å². The van der Waals surface area contributed by atoms with Crippen LogP contribution in [0.1, 0.15) is 28.4 Å². The van der Waals surface area contributed by atoms with E-state index in [2.05, 4.69) is 30.6 Å². The number of aromatic nitrogens is 4. The molecule has 0 spiro atoms. The molecular formula is C19H17FN6O. The molecule has 1 saturated carbocycles. The number of hydrogen-bond acceptors (Lipinski definition) is 6. The molecule has 0 aliphatic heterocycles. The van der Waals surface area contributed by atoms with Crippen molar-refractivity contribution < 1.29 is 9.18 Å². The van der Waals surface area contributed by atoms with E-state index in [1.807, 2.05) is 12.1 Å². The highest BCUT2D eigenvalue weighted by Gasteiger charge is 2.37.